The fraction of sp³-hybridized carbons (Fsp3) is 0.976. The zero-order valence-corrected chi connectivity index (χ0v) is 30.9. The Balaban J connectivity index is 3.13. The molecule has 0 aromatic carbocycles. The number of ether oxygens (including phenoxy) is 1. The fourth-order valence-corrected chi connectivity index (χ4v) is 6.61. The monoisotopic (exact) mass is 621 g/mol. The molecule has 2 nitrogen and oxygen atoms in total. The van der Waals surface area contributed by atoms with Crippen molar-refractivity contribution >= 4 is 5.97 Å². The normalized spacial score (nSPS) is 11.4. The minimum atomic E-state index is 0.0307. The van der Waals surface area contributed by atoms with Crippen LogP contribution in [0.4, 0.5) is 0 Å². The van der Waals surface area contributed by atoms with Crippen molar-refractivity contribution in [1.29, 1.82) is 0 Å². The average molecular weight is 621 g/mol. The van der Waals surface area contributed by atoms with Gasteiger partial charge in [-0.25, -0.2) is 0 Å². The molecule has 0 aromatic heterocycles. The smallest absolute Gasteiger partial charge is 0.305 e. The third-order valence-electron chi connectivity index (χ3n) is 9.75. The van der Waals surface area contributed by atoms with Crippen molar-refractivity contribution in [3.63, 3.8) is 0 Å². The number of unbranched alkanes of at least 4 members (excludes halogenated alkanes) is 35. The van der Waals surface area contributed by atoms with Crippen molar-refractivity contribution in [2.45, 2.75) is 258 Å². The first kappa shape index (κ1) is 43.5. The van der Waals surface area contributed by atoms with E-state index < -0.39 is 0 Å². The highest BCUT2D eigenvalue weighted by atomic mass is 16.5. The van der Waals surface area contributed by atoms with E-state index in [0.29, 0.717) is 13.0 Å². The summed E-state index contributed by atoms with van der Waals surface area (Å²) in [5.41, 5.74) is 0. The molecule has 0 aromatic rings. The topological polar surface area (TPSA) is 26.3 Å². The maximum atomic E-state index is 12.0. The Morgan fingerprint density at radius 1 is 0.295 bits per heavy atom. The Hall–Kier alpha value is -0.530. The van der Waals surface area contributed by atoms with Crippen molar-refractivity contribution in [1.82, 2.24) is 0 Å². The Kier molecular flexibility index (Phi) is 40.0. The molecule has 0 aliphatic carbocycles. The lowest BCUT2D eigenvalue weighted by molar-refractivity contribution is -0.143. The van der Waals surface area contributed by atoms with Crippen LogP contribution >= 0.6 is 0 Å². The van der Waals surface area contributed by atoms with Crippen molar-refractivity contribution in [2.75, 3.05) is 6.61 Å². The van der Waals surface area contributed by atoms with Gasteiger partial charge >= 0.3 is 5.97 Å². The highest BCUT2D eigenvalue weighted by molar-refractivity contribution is 5.69. The summed E-state index contributed by atoms with van der Waals surface area (Å²) in [4.78, 5) is 12.0. The zero-order chi connectivity index (χ0) is 31.9. The van der Waals surface area contributed by atoms with Gasteiger partial charge in [0, 0.05) is 6.42 Å². The summed E-state index contributed by atoms with van der Waals surface area (Å²) in [6.07, 6.45) is 52.0. The molecule has 264 valence electrons. The number of hydrogen-bond acceptors (Lipinski definition) is 2. The van der Waals surface area contributed by atoms with Crippen LogP contribution in [0.5, 0.6) is 0 Å². The Labute approximate surface area is 279 Å². The Morgan fingerprint density at radius 2 is 0.500 bits per heavy atom. The molecule has 0 bridgehead atoms. The number of esters is 1. The van der Waals surface area contributed by atoms with Crippen molar-refractivity contribution in [2.24, 2.45) is 0 Å². The maximum absolute atomic E-state index is 12.0. The average Bonchev–Trinajstić information content (AvgIpc) is 3.03. The van der Waals surface area contributed by atoms with Gasteiger partial charge in [-0.2, -0.15) is 0 Å². The zero-order valence-electron chi connectivity index (χ0n) is 30.9. The van der Waals surface area contributed by atoms with E-state index in [0.717, 1.165) is 12.8 Å². The van der Waals surface area contributed by atoms with Gasteiger partial charge in [-0.3, -0.25) is 4.79 Å². The van der Waals surface area contributed by atoms with Gasteiger partial charge in [0.2, 0.25) is 0 Å². The predicted octanol–water partition coefficient (Wildman–Crippen LogP) is 15.4. The van der Waals surface area contributed by atoms with Gasteiger partial charge < -0.3 is 4.74 Å². The summed E-state index contributed by atoms with van der Waals surface area (Å²) in [6.45, 7) is 5.23. The van der Waals surface area contributed by atoms with Gasteiger partial charge in [-0.15, -0.1) is 0 Å². The summed E-state index contributed by atoms with van der Waals surface area (Å²) in [6, 6.07) is 0. The Bertz CT molecular complexity index is 516. The van der Waals surface area contributed by atoms with E-state index in [2.05, 4.69) is 13.8 Å². The van der Waals surface area contributed by atoms with Crippen LogP contribution in [0, 0.1) is 0 Å². The lowest BCUT2D eigenvalue weighted by atomic mass is 10.0. The van der Waals surface area contributed by atoms with E-state index in [1.54, 1.807) is 0 Å². The third-order valence-corrected chi connectivity index (χ3v) is 9.75. The first-order valence-corrected chi connectivity index (χ1v) is 21.0. The summed E-state index contributed by atoms with van der Waals surface area (Å²) < 4.78 is 5.47. The van der Waals surface area contributed by atoms with Crippen LogP contribution in [-0.2, 0) is 9.53 Å². The van der Waals surface area contributed by atoms with E-state index in [1.165, 1.54) is 225 Å². The standard InChI is InChI=1S/C42H84O2/c1-3-5-7-9-11-13-15-17-19-20-21-22-23-24-25-27-29-31-33-35-37-39-41-44-42(43)40-38-36-34-32-30-28-26-18-16-14-12-10-8-6-4-2/h3-41H2,1-2H3. The van der Waals surface area contributed by atoms with Gasteiger partial charge in [-0.05, 0) is 12.8 Å². The molecule has 0 radical (unpaired) electrons. The van der Waals surface area contributed by atoms with E-state index in [1.807, 2.05) is 0 Å². The summed E-state index contributed by atoms with van der Waals surface area (Å²) in [5, 5.41) is 0. The quantitative estimate of drug-likeness (QED) is 0.0505. The van der Waals surface area contributed by atoms with Crippen LogP contribution in [-0.4, -0.2) is 12.6 Å². The third kappa shape index (κ3) is 39.5. The largest absolute Gasteiger partial charge is 0.466 e. The summed E-state index contributed by atoms with van der Waals surface area (Å²) in [7, 11) is 0. The van der Waals surface area contributed by atoms with Gasteiger partial charge in [0.25, 0.3) is 0 Å². The van der Waals surface area contributed by atoms with Crippen LogP contribution in [0.2, 0.25) is 0 Å². The molecule has 2 heteroatoms. The molecule has 44 heavy (non-hydrogen) atoms. The minimum absolute atomic E-state index is 0.0307. The molecule has 0 aliphatic heterocycles. The van der Waals surface area contributed by atoms with Gasteiger partial charge in [0.15, 0.2) is 0 Å². The molecule has 0 amide bonds. The van der Waals surface area contributed by atoms with Gasteiger partial charge in [0.1, 0.15) is 0 Å². The molecule has 0 spiro atoms. The molecule has 0 aliphatic rings. The van der Waals surface area contributed by atoms with Crippen molar-refractivity contribution in [3.05, 3.63) is 0 Å². The minimum Gasteiger partial charge on any atom is -0.466 e. The molecular weight excluding hydrogens is 536 g/mol. The van der Waals surface area contributed by atoms with Crippen LogP contribution in [0.3, 0.4) is 0 Å². The molecule has 0 heterocycles. The van der Waals surface area contributed by atoms with Crippen molar-refractivity contribution in [3.8, 4) is 0 Å². The molecule has 0 unspecified atom stereocenters. The lowest BCUT2D eigenvalue weighted by Gasteiger charge is -2.06. The van der Waals surface area contributed by atoms with E-state index >= 15 is 0 Å². The second-order valence-corrected chi connectivity index (χ2v) is 14.3. The van der Waals surface area contributed by atoms with Crippen molar-refractivity contribution < 1.29 is 9.53 Å². The molecule has 0 rings (SSSR count). The highest BCUT2D eigenvalue weighted by Crippen LogP contribution is 2.16. The van der Waals surface area contributed by atoms with Crippen LogP contribution in [0.1, 0.15) is 258 Å². The second kappa shape index (κ2) is 40.5. The molecular formula is C42H84O2. The SMILES string of the molecule is CCCCCCCCCCCCCCCCCCCCCCCCOC(=O)CCCCCCCCCCCCCCCCC. The van der Waals surface area contributed by atoms with Crippen LogP contribution in [0.25, 0.3) is 0 Å². The number of carbonyl (C=O) groups excluding carboxylic acids is 1. The van der Waals surface area contributed by atoms with E-state index in [4.69, 9.17) is 4.74 Å². The number of carbonyl (C=O) groups is 1. The lowest BCUT2D eigenvalue weighted by Crippen LogP contribution is -2.05. The molecule has 0 atom stereocenters. The van der Waals surface area contributed by atoms with Crippen LogP contribution < -0.4 is 0 Å². The molecule has 0 saturated heterocycles. The van der Waals surface area contributed by atoms with E-state index in [9.17, 15) is 4.79 Å². The first-order chi connectivity index (χ1) is 21.8. The predicted molar refractivity (Wildman–Crippen MR) is 198 cm³/mol. The van der Waals surface area contributed by atoms with Gasteiger partial charge in [0.05, 0.1) is 6.61 Å². The van der Waals surface area contributed by atoms with Crippen LogP contribution in [0.15, 0.2) is 0 Å². The highest BCUT2D eigenvalue weighted by Gasteiger charge is 2.03. The first-order valence-electron chi connectivity index (χ1n) is 21.0. The molecule has 0 fully saturated rings. The second-order valence-electron chi connectivity index (χ2n) is 14.3. The molecule has 0 N–H and O–H groups in total. The van der Waals surface area contributed by atoms with E-state index in [-0.39, 0.29) is 5.97 Å². The van der Waals surface area contributed by atoms with Gasteiger partial charge in [-0.1, -0.05) is 239 Å². The number of hydrogen-bond donors (Lipinski definition) is 0. The number of rotatable bonds is 39. The maximum Gasteiger partial charge on any atom is 0.305 e. The Morgan fingerprint density at radius 3 is 0.750 bits per heavy atom. The fourth-order valence-electron chi connectivity index (χ4n) is 6.61. The molecule has 0 saturated carbocycles. The summed E-state index contributed by atoms with van der Waals surface area (Å²) >= 11 is 0. The summed E-state index contributed by atoms with van der Waals surface area (Å²) in [5.74, 6) is 0.0307.